The van der Waals surface area contributed by atoms with Gasteiger partial charge in [0.15, 0.2) is 0 Å². The molecular formula is C18H18ClN3O4S. The first-order valence-electron chi connectivity index (χ1n) is 8.20. The summed E-state index contributed by atoms with van der Waals surface area (Å²) in [5.74, 6) is 0. The van der Waals surface area contributed by atoms with Crippen molar-refractivity contribution in [3.05, 3.63) is 68.4 Å². The summed E-state index contributed by atoms with van der Waals surface area (Å²) >= 11 is 5.94. The molecule has 142 valence electrons. The predicted molar refractivity (Wildman–Crippen MR) is 105 cm³/mol. The van der Waals surface area contributed by atoms with Gasteiger partial charge in [0.1, 0.15) is 4.90 Å². The van der Waals surface area contributed by atoms with Crippen LogP contribution in [-0.4, -0.2) is 24.9 Å². The predicted octanol–water partition coefficient (Wildman–Crippen LogP) is 3.87. The van der Waals surface area contributed by atoms with E-state index in [0.29, 0.717) is 6.42 Å². The third kappa shape index (κ3) is 3.97. The average molecular weight is 408 g/mol. The minimum absolute atomic E-state index is 0.0630. The van der Waals surface area contributed by atoms with Crippen LogP contribution in [0.1, 0.15) is 16.8 Å². The molecule has 0 radical (unpaired) electrons. The molecule has 3 aromatic rings. The van der Waals surface area contributed by atoms with Crippen molar-refractivity contribution in [2.45, 2.75) is 25.2 Å². The smallest absolute Gasteiger partial charge is 0.270 e. The quantitative estimate of drug-likeness (QED) is 0.478. The Balaban J connectivity index is 1.81. The van der Waals surface area contributed by atoms with E-state index in [1.165, 1.54) is 12.1 Å². The zero-order valence-corrected chi connectivity index (χ0v) is 16.3. The number of aromatic amines is 1. The first-order chi connectivity index (χ1) is 12.7. The molecule has 0 spiro atoms. The number of H-pyrrole nitrogens is 1. The van der Waals surface area contributed by atoms with Crippen LogP contribution in [0.25, 0.3) is 10.9 Å². The molecule has 2 aromatic carbocycles. The van der Waals surface area contributed by atoms with Crippen molar-refractivity contribution < 1.29 is 13.3 Å². The molecule has 0 atom stereocenters. The molecule has 9 heteroatoms. The number of nitro benzene ring substituents is 1. The monoisotopic (exact) mass is 407 g/mol. The Morgan fingerprint density at radius 3 is 2.63 bits per heavy atom. The van der Waals surface area contributed by atoms with Crippen LogP contribution in [0.2, 0.25) is 5.02 Å². The molecule has 0 saturated carbocycles. The standard InChI is InChI=1S/C18H18ClN3O4S/c1-11-3-6-17-15(9-11)14(12(2)21-17)7-8-20-27(25,26)18-10-13(22(23)24)4-5-16(18)19/h3-6,9-10,20-21H,7-8H2,1-2H3. The van der Waals surface area contributed by atoms with Crippen molar-refractivity contribution in [1.82, 2.24) is 9.71 Å². The van der Waals surface area contributed by atoms with Crippen molar-refractivity contribution in [3.63, 3.8) is 0 Å². The highest BCUT2D eigenvalue weighted by atomic mass is 35.5. The topological polar surface area (TPSA) is 105 Å². The molecule has 0 aliphatic rings. The third-order valence-electron chi connectivity index (χ3n) is 4.36. The van der Waals surface area contributed by atoms with E-state index in [-0.39, 0.29) is 22.2 Å². The molecule has 0 amide bonds. The molecule has 0 aliphatic heterocycles. The van der Waals surface area contributed by atoms with Crippen molar-refractivity contribution in [3.8, 4) is 0 Å². The summed E-state index contributed by atoms with van der Waals surface area (Å²) in [4.78, 5) is 13.2. The maximum Gasteiger partial charge on any atom is 0.270 e. The van der Waals surface area contributed by atoms with Crippen molar-refractivity contribution in [1.29, 1.82) is 0 Å². The summed E-state index contributed by atoms with van der Waals surface area (Å²) in [5, 5.41) is 11.9. The summed E-state index contributed by atoms with van der Waals surface area (Å²) in [6.45, 7) is 4.08. The van der Waals surface area contributed by atoms with Crippen LogP contribution in [0, 0.1) is 24.0 Å². The van der Waals surface area contributed by atoms with Crippen molar-refractivity contribution in [2.24, 2.45) is 0 Å². The first-order valence-corrected chi connectivity index (χ1v) is 10.1. The lowest BCUT2D eigenvalue weighted by molar-refractivity contribution is -0.385. The van der Waals surface area contributed by atoms with Gasteiger partial charge in [-0.05, 0) is 44.0 Å². The van der Waals surface area contributed by atoms with Gasteiger partial charge < -0.3 is 4.98 Å². The number of halogens is 1. The van der Waals surface area contributed by atoms with Crippen LogP contribution in [-0.2, 0) is 16.4 Å². The minimum Gasteiger partial charge on any atom is -0.358 e. The fourth-order valence-electron chi connectivity index (χ4n) is 3.02. The van der Waals surface area contributed by atoms with Crippen molar-refractivity contribution >= 4 is 38.2 Å². The summed E-state index contributed by atoms with van der Waals surface area (Å²) in [6.07, 6.45) is 0.473. The van der Waals surface area contributed by atoms with E-state index in [0.717, 1.165) is 33.8 Å². The number of nitrogens with one attached hydrogen (secondary N) is 2. The number of aryl methyl sites for hydroxylation is 2. The summed E-state index contributed by atoms with van der Waals surface area (Å²) in [6, 6.07) is 9.40. The highest BCUT2D eigenvalue weighted by molar-refractivity contribution is 7.89. The Morgan fingerprint density at radius 2 is 1.93 bits per heavy atom. The summed E-state index contributed by atoms with van der Waals surface area (Å²) in [5.41, 5.74) is 3.79. The molecule has 2 N–H and O–H groups in total. The van der Waals surface area contributed by atoms with E-state index in [4.69, 9.17) is 11.6 Å². The molecule has 0 saturated heterocycles. The largest absolute Gasteiger partial charge is 0.358 e. The second-order valence-electron chi connectivity index (χ2n) is 6.30. The number of fused-ring (bicyclic) bond motifs is 1. The molecule has 1 heterocycles. The summed E-state index contributed by atoms with van der Waals surface area (Å²) < 4.78 is 27.5. The molecule has 0 unspecified atom stereocenters. The fourth-order valence-corrected chi connectivity index (χ4v) is 4.57. The number of hydrogen-bond acceptors (Lipinski definition) is 4. The number of nitro groups is 1. The van der Waals surface area contributed by atoms with Gasteiger partial charge >= 0.3 is 0 Å². The Labute approximate surface area is 161 Å². The van der Waals surface area contributed by atoms with E-state index in [2.05, 4.69) is 15.8 Å². The van der Waals surface area contributed by atoms with Gasteiger partial charge in [0.05, 0.1) is 9.95 Å². The number of rotatable bonds is 6. The number of nitrogens with zero attached hydrogens (tertiary/aromatic N) is 1. The van der Waals surface area contributed by atoms with Crippen LogP contribution in [0.5, 0.6) is 0 Å². The second kappa shape index (κ2) is 7.30. The minimum atomic E-state index is -3.97. The molecule has 7 nitrogen and oxygen atoms in total. The summed E-state index contributed by atoms with van der Waals surface area (Å²) in [7, 11) is -3.97. The molecule has 0 fully saturated rings. The number of sulfonamides is 1. The van der Waals surface area contributed by atoms with E-state index in [1.54, 1.807) is 0 Å². The van der Waals surface area contributed by atoms with Crippen LogP contribution in [0.15, 0.2) is 41.3 Å². The maximum absolute atomic E-state index is 12.5. The van der Waals surface area contributed by atoms with E-state index in [9.17, 15) is 18.5 Å². The lowest BCUT2D eigenvalue weighted by Crippen LogP contribution is -2.26. The normalized spacial score (nSPS) is 11.8. The molecule has 1 aromatic heterocycles. The van der Waals surface area contributed by atoms with Gasteiger partial charge in [-0.3, -0.25) is 10.1 Å². The number of benzene rings is 2. The second-order valence-corrected chi connectivity index (χ2v) is 8.44. The fraction of sp³-hybridized carbons (Fsp3) is 0.222. The number of aromatic nitrogens is 1. The lowest BCUT2D eigenvalue weighted by atomic mass is 10.1. The molecule has 27 heavy (non-hydrogen) atoms. The molecule has 0 aliphatic carbocycles. The first kappa shape index (κ1) is 19.3. The van der Waals surface area contributed by atoms with Gasteiger partial charge in [-0.15, -0.1) is 0 Å². The number of hydrogen-bond donors (Lipinski definition) is 2. The van der Waals surface area contributed by atoms with Crippen LogP contribution < -0.4 is 4.72 Å². The third-order valence-corrected chi connectivity index (χ3v) is 6.30. The zero-order valence-electron chi connectivity index (χ0n) is 14.7. The number of non-ortho nitro benzene ring substituents is 1. The van der Waals surface area contributed by atoms with Gasteiger partial charge in [-0.1, -0.05) is 23.2 Å². The Kier molecular flexibility index (Phi) is 5.23. The van der Waals surface area contributed by atoms with Gasteiger partial charge in [0.25, 0.3) is 5.69 Å². The van der Waals surface area contributed by atoms with Gasteiger partial charge in [0, 0.05) is 35.3 Å². The Bertz CT molecular complexity index is 1140. The van der Waals surface area contributed by atoms with Gasteiger partial charge in [-0.25, -0.2) is 13.1 Å². The van der Waals surface area contributed by atoms with E-state index in [1.807, 2.05) is 26.0 Å². The highest BCUT2D eigenvalue weighted by Gasteiger charge is 2.21. The van der Waals surface area contributed by atoms with E-state index < -0.39 is 14.9 Å². The average Bonchev–Trinajstić information content (AvgIpc) is 2.90. The lowest BCUT2D eigenvalue weighted by Gasteiger charge is -2.09. The SMILES string of the molecule is Cc1ccc2[nH]c(C)c(CCNS(=O)(=O)c3cc([N+](=O)[O-])ccc3Cl)c2c1. The van der Waals surface area contributed by atoms with Crippen LogP contribution in [0.4, 0.5) is 5.69 Å². The molecular weight excluding hydrogens is 390 g/mol. The Morgan fingerprint density at radius 1 is 1.19 bits per heavy atom. The van der Waals surface area contributed by atoms with Gasteiger partial charge in [-0.2, -0.15) is 0 Å². The zero-order chi connectivity index (χ0) is 19.8. The van der Waals surface area contributed by atoms with E-state index >= 15 is 0 Å². The molecule has 3 rings (SSSR count). The van der Waals surface area contributed by atoms with Crippen LogP contribution >= 0.6 is 11.6 Å². The van der Waals surface area contributed by atoms with Crippen LogP contribution in [0.3, 0.4) is 0 Å². The maximum atomic E-state index is 12.5. The Hall–Kier alpha value is -2.42. The highest BCUT2D eigenvalue weighted by Crippen LogP contribution is 2.27. The van der Waals surface area contributed by atoms with Crippen molar-refractivity contribution in [2.75, 3.05) is 6.54 Å². The molecule has 0 bridgehead atoms. The van der Waals surface area contributed by atoms with Gasteiger partial charge in [0.2, 0.25) is 10.0 Å².